The number of benzene rings is 1. The molecule has 1 aromatic rings. The first-order chi connectivity index (χ1) is 8.20. The highest BCUT2D eigenvalue weighted by molar-refractivity contribution is 7.99. The molecule has 0 saturated heterocycles. The van der Waals surface area contributed by atoms with E-state index in [9.17, 15) is 0 Å². The van der Waals surface area contributed by atoms with Crippen molar-refractivity contribution in [3.63, 3.8) is 0 Å². The van der Waals surface area contributed by atoms with Gasteiger partial charge in [0.1, 0.15) is 0 Å². The van der Waals surface area contributed by atoms with Crippen molar-refractivity contribution in [2.75, 3.05) is 17.7 Å². The van der Waals surface area contributed by atoms with Crippen LogP contribution in [0.5, 0.6) is 0 Å². The molecule has 0 aromatic heterocycles. The third kappa shape index (κ3) is 3.17. The molecule has 0 amide bonds. The third-order valence-corrected chi connectivity index (χ3v) is 4.40. The zero-order valence-corrected chi connectivity index (χ0v) is 11.4. The van der Waals surface area contributed by atoms with Crippen molar-refractivity contribution >= 4 is 17.4 Å². The maximum Gasteiger partial charge on any atom is 0.0481 e. The molecule has 2 N–H and O–H groups in total. The Balaban J connectivity index is 2.06. The van der Waals surface area contributed by atoms with Crippen molar-refractivity contribution in [1.82, 2.24) is 0 Å². The zero-order chi connectivity index (χ0) is 12.3. The maximum absolute atomic E-state index is 8.86. The first-order valence-electron chi connectivity index (χ1n) is 6.35. The van der Waals surface area contributed by atoms with Gasteiger partial charge in [-0.3, -0.25) is 0 Å². The molecule has 17 heavy (non-hydrogen) atoms. The topological polar surface area (TPSA) is 32.3 Å². The summed E-state index contributed by atoms with van der Waals surface area (Å²) in [6.07, 6.45) is 1.94. The normalized spacial score (nSPS) is 18.9. The quantitative estimate of drug-likeness (QED) is 0.859. The van der Waals surface area contributed by atoms with Crippen LogP contribution in [0.1, 0.15) is 38.2 Å². The van der Waals surface area contributed by atoms with Crippen molar-refractivity contribution in [3.05, 3.63) is 23.8 Å². The Hall–Kier alpha value is -0.670. The lowest BCUT2D eigenvalue weighted by Crippen LogP contribution is -2.26. The monoisotopic (exact) mass is 251 g/mol. The van der Waals surface area contributed by atoms with Gasteiger partial charge in [0.05, 0.1) is 0 Å². The molecule has 0 spiro atoms. The molecule has 2 nitrogen and oxygen atoms in total. The Labute approximate surface area is 108 Å². The molecule has 1 aliphatic heterocycles. The van der Waals surface area contributed by atoms with Crippen LogP contribution < -0.4 is 5.32 Å². The van der Waals surface area contributed by atoms with Crippen molar-refractivity contribution in [2.24, 2.45) is 0 Å². The van der Waals surface area contributed by atoms with E-state index in [2.05, 4.69) is 37.4 Å². The van der Waals surface area contributed by atoms with E-state index in [1.165, 1.54) is 16.1 Å². The summed E-state index contributed by atoms with van der Waals surface area (Å²) in [5.74, 6) is 1.70. The summed E-state index contributed by atoms with van der Waals surface area (Å²) >= 11 is 1.93. The average molecular weight is 251 g/mol. The minimum absolute atomic E-state index is 0.294. The molecule has 1 atom stereocenters. The van der Waals surface area contributed by atoms with Crippen molar-refractivity contribution in [2.45, 2.75) is 43.5 Å². The Morgan fingerprint density at radius 2 is 2.29 bits per heavy atom. The van der Waals surface area contributed by atoms with E-state index >= 15 is 0 Å². The molecule has 0 saturated carbocycles. The molecule has 0 aliphatic carbocycles. The van der Waals surface area contributed by atoms with Crippen molar-refractivity contribution in [1.29, 1.82) is 0 Å². The van der Waals surface area contributed by atoms with E-state index in [1.54, 1.807) is 0 Å². The highest BCUT2D eigenvalue weighted by atomic mass is 32.2. The van der Waals surface area contributed by atoms with Gasteiger partial charge in [-0.2, -0.15) is 0 Å². The summed E-state index contributed by atoms with van der Waals surface area (Å²) in [4.78, 5) is 1.37. The number of anilines is 1. The minimum Gasteiger partial charge on any atom is -0.396 e. The van der Waals surface area contributed by atoms with Gasteiger partial charge in [0.2, 0.25) is 0 Å². The van der Waals surface area contributed by atoms with Crippen LogP contribution >= 0.6 is 11.8 Å². The number of rotatable bonds is 4. The fourth-order valence-electron chi connectivity index (χ4n) is 2.08. The van der Waals surface area contributed by atoms with Gasteiger partial charge in [0.25, 0.3) is 0 Å². The van der Waals surface area contributed by atoms with E-state index in [1.807, 2.05) is 11.8 Å². The number of hydrogen-bond acceptors (Lipinski definition) is 3. The van der Waals surface area contributed by atoms with Gasteiger partial charge in [-0.25, -0.2) is 0 Å². The van der Waals surface area contributed by atoms with Crippen LogP contribution in [-0.2, 0) is 0 Å². The Bertz CT molecular complexity index is 378. The highest BCUT2D eigenvalue weighted by Crippen LogP contribution is 2.36. The molecular weight excluding hydrogens is 230 g/mol. The lowest BCUT2D eigenvalue weighted by molar-refractivity contribution is 0.282. The summed E-state index contributed by atoms with van der Waals surface area (Å²) in [6.45, 7) is 4.75. The molecule has 0 fully saturated rings. The van der Waals surface area contributed by atoms with Gasteiger partial charge in [-0.05, 0) is 36.5 Å². The third-order valence-electron chi connectivity index (χ3n) is 3.18. The molecule has 2 rings (SSSR count). The van der Waals surface area contributed by atoms with Gasteiger partial charge in [-0.1, -0.05) is 19.9 Å². The number of aliphatic hydroxyl groups is 1. The smallest absolute Gasteiger partial charge is 0.0481 e. The Morgan fingerprint density at radius 3 is 3.00 bits per heavy atom. The van der Waals surface area contributed by atoms with E-state index < -0.39 is 0 Å². The van der Waals surface area contributed by atoms with Crippen LogP contribution in [0.25, 0.3) is 0 Å². The predicted octanol–water partition coefficient (Wildman–Crippen LogP) is 3.47. The second-order valence-electron chi connectivity index (χ2n) is 4.93. The van der Waals surface area contributed by atoms with Crippen LogP contribution in [0.15, 0.2) is 23.1 Å². The molecule has 1 heterocycles. The number of thioether (sulfide) groups is 1. The molecule has 1 unspecified atom stereocenters. The first-order valence-corrected chi connectivity index (χ1v) is 7.33. The van der Waals surface area contributed by atoms with Gasteiger partial charge in [0.15, 0.2) is 0 Å². The SMILES string of the molecule is CC(C)c1ccc2c(c1)SCC(CCCO)N2. The predicted molar refractivity (Wildman–Crippen MR) is 75.0 cm³/mol. The van der Waals surface area contributed by atoms with Crippen molar-refractivity contribution < 1.29 is 5.11 Å². The fraction of sp³-hybridized carbons (Fsp3) is 0.571. The van der Waals surface area contributed by atoms with Crippen LogP contribution in [-0.4, -0.2) is 23.5 Å². The number of hydrogen-bond donors (Lipinski definition) is 2. The Kier molecular flexibility index (Phi) is 4.35. The average Bonchev–Trinajstić information content (AvgIpc) is 2.35. The van der Waals surface area contributed by atoms with Gasteiger partial charge in [0, 0.05) is 29.0 Å². The maximum atomic E-state index is 8.86. The molecule has 1 aromatic carbocycles. The summed E-state index contributed by atoms with van der Waals surface area (Å²) in [7, 11) is 0. The van der Waals surface area contributed by atoms with Crippen LogP contribution in [0.4, 0.5) is 5.69 Å². The first kappa shape index (κ1) is 12.8. The standard InChI is InChI=1S/C14H21NOS/c1-10(2)11-5-6-13-14(8-11)17-9-12(15-13)4-3-7-16/h5-6,8,10,12,15-16H,3-4,7,9H2,1-2H3. The van der Waals surface area contributed by atoms with Gasteiger partial charge < -0.3 is 10.4 Å². The second kappa shape index (κ2) is 5.78. The summed E-state index contributed by atoms with van der Waals surface area (Å²) in [5, 5.41) is 12.4. The number of fused-ring (bicyclic) bond motifs is 1. The fourth-order valence-corrected chi connectivity index (χ4v) is 3.21. The minimum atomic E-state index is 0.294. The van der Waals surface area contributed by atoms with Crippen LogP contribution in [0.3, 0.4) is 0 Å². The lowest BCUT2D eigenvalue weighted by atomic mass is 10.0. The van der Waals surface area contributed by atoms with Crippen LogP contribution in [0.2, 0.25) is 0 Å². The van der Waals surface area contributed by atoms with Gasteiger partial charge in [-0.15, -0.1) is 11.8 Å². The zero-order valence-electron chi connectivity index (χ0n) is 10.6. The molecule has 3 heteroatoms. The summed E-state index contributed by atoms with van der Waals surface area (Å²) < 4.78 is 0. The molecular formula is C14H21NOS. The Morgan fingerprint density at radius 1 is 1.47 bits per heavy atom. The summed E-state index contributed by atoms with van der Waals surface area (Å²) in [6, 6.07) is 7.22. The highest BCUT2D eigenvalue weighted by Gasteiger charge is 2.18. The number of nitrogens with one attached hydrogen (secondary N) is 1. The molecule has 0 radical (unpaired) electrons. The van der Waals surface area contributed by atoms with Gasteiger partial charge >= 0.3 is 0 Å². The van der Waals surface area contributed by atoms with E-state index in [0.29, 0.717) is 18.6 Å². The molecule has 0 bridgehead atoms. The largest absolute Gasteiger partial charge is 0.396 e. The molecule has 1 aliphatic rings. The number of aliphatic hydroxyl groups excluding tert-OH is 1. The second-order valence-corrected chi connectivity index (χ2v) is 5.99. The van der Waals surface area contributed by atoms with E-state index in [0.717, 1.165) is 18.6 Å². The van der Waals surface area contributed by atoms with Crippen LogP contribution in [0, 0.1) is 0 Å². The van der Waals surface area contributed by atoms with Crippen molar-refractivity contribution in [3.8, 4) is 0 Å². The molecule has 94 valence electrons. The van der Waals surface area contributed by atoms with E-state index in [4.69, 9.17) is 5.11 Å². The van der Waals surface area contributed by atoms with E-state index in [-0.39, 0.29) is 0 Å². The summed E-state index contributed by atoms with van der Waals surface area (Å²) in [5.41, 5.74) is 2.67. The lowest BCUT2D eigenvalue weighted by Gasteiger charge is -2.27.